The third-order valence-corrected chi connectivity index (χ3v) is 14.5. The lowest BCUT2D eigenvalue weighted by Gasteiger charge is -2.47. The van der Waals surface area contributed by atoms with Crippen molar-refractivity contribution < 1.29 is 0 Å². The van der Waals surface area contributed by atoms with Crippen LogP contribution in [0.2, 0.25) is 16.1 Å². The highest BCUT2D eigenvalue weighted by Gasteiger charge is 2.51. The average molecular weight is 319 g/mol. The molecule has 122 valence electrons. The lowest BCUT2D eigenvalue weighted by Crippen LogP contribution is -2.46. The van der Waals surface area contributed by atoms with Crippen molar-refractivity contribution in [3.63, 3.8) is 0 Å². The summed E-state index contributed by atoms with van der Waals surface area (Å²) in [6.07, 6.45) is 11.1. The smallest absolute Gasteiger partial charge is 0.166 e. The van der Waals surface area contributed by atoms with Crippen LogP contribution < -0.4 is 0 Å². The monoisotopic (exact) mass is 318 g/mol. The van der Waals surface area contributed by atoms with Gasteiger partial charge in [-0.25, -0.2) is 0 Å². The molecule has 0 heterocycles. The van der Waals surface area contributed by atoms with Crippen LogP contribution in [0.15, 0.2) is 0 Å². The second-order valence-corrected chi connectivity index (χ2v) is 15.6. The minimum absolute atomic E-state index is 0.286. The van der Waals surface area contributed by atoms with E-state index in [0.29, 0.717) is 0 Å². The van der Waals surface area contributed by atoms with Crippen molar-refractivity contribution in [3.05, 3.63) is 0 Å². The first kappa shape index (κ1) is 20.5. The van der Waals surface area contributed by atoms with Gasteiger partial charge in [-0.1, -0.05) is 99.8 Å². The molecule has 0 fully saturated rings. The number of halogens is 1. The lowest BCUT2D eigenvalue weighted by atomic mass is 10.1. The fraction of sp³-hybridized carbons (Fsp3) is 1.00. The zero-order valence-electron chi connectivity index (χ0n) is 15.2. The fourth-order valence-corrected chi connectivity index (χ4v) is 8.27. The summed E-state index contributed by atoms with van der Waals surface area (Å²) < 4.78 is 0. The minimum atomic E-state index is -1.76. The molecule has 0 aliphatic carbocycles. The molecule has 2 heteroatoms. The molecule has 0 unspecified atom stereocenters. The molecule has 0 aromatic carbocycles. The molecule has 0 atom stereocenters. The molecule has 20 heavy (non-hydrogen) atoms. The highest BCUT2D eigenvalue weighted by Crippen LogP contribution is 2.56. The molecule has 0 radical (unpaired) electrons. The molecule has 0 saturated heterocycles. The van der Waals surface area contributed by atoms with E-state index in [4.69, 9.17) is 11.1 Å². The summed E-state index contributed by atoms with van der Waals surface area (Å²) in [5.74, 6) is 0. The summed E-state index contributed by atoms with van der Waals surface area (Å²) in [4.78, 5) is 0. The van der Waals surface area contributed by atoms with Crippen LogP contribution >= 0.6 is 11.1 Å². The van der Waals surface area contributed by atoms with E-state index in [0.717, 1.165) is 0 Å². The summed E-state index contributed by atoms with van der Waals surface area (Å²) in [5, 5.41) is 0.571. The van der Waals surface area contributed by atoms with Crippen LogP contribution in [0.3, 0.4) is 0 Å². The van der Waals surface area contributed by atoms with E-state index in [1.165, 1.54) is 57.4 Å². The quantitative estimate of drug-likeness (QED) is 0.230. The lowest BCUT2D eigenvalue weighted by molar-refractivity contribution is 0.573. The van der Waals surface area contributed by atoms with Crippen LogP contribution in [0.1, 0.15) is 99.8 Å². The zero-order chi connectivity index (χ0) is 15.9. The van der Waals surface area contributed by atoms with Gasteiger partial charge in [-0.15, -0.1) is 0 Å². The first-order valence-electron chi connectivity index (χ1n) is 8.75. The summed E-state index contributed by atoms with van der Waals surface area (Å²) in [5.41, 5.74) is 0. The Bertz CT molecular complexity index is 233. The maximum atomic E-state index is 7.21. The summed E-state index contributed by atoms with van der Waals surface area (Å²) in [6, 6.07) is 1.27. The Labute approximate surface area is 134 Å². The van der Waals surface area contributed by atoms with E-state index >= 15 is 0 Å². The molecule has 0 nitrogen and oxygen atoms in total. The van der Waals surface area contributed by atoms with Gasteiger partial charge in [0.25, 0.3) is 0 Å². The highest BCUT2D eigenvalue weighted by molar-refractivity contribution is 7.23. The summed E-state index contributed by atoms with van der Waals surface area (Å²) in [7, 11) is -1.76. The minimum Gasteiger partial charge on any atom is -0.166 e. The molecule has 0 rings (SSSR count). The van der Waals surface area contributed by atoms with Gasteiger partial charge in [0.1, 0.15) is 0 Å². The van der Waals surface area contributed by atoms with Crippen LogP contribution in [0.4, 0.5) is 0 Å². The van der Waals surface area contributed by atoms with Gasteiger partial charge >= 0.3 is 0 Å². The Balaban J connectivity index is 4.07. The van der Waals surface area contributed by atoms with Crippen molar-refractivity contribution in [2.45, 2.75) is 116 Å². The molecular formula is C18H39ClSi. The van der Waals surface area contributed by atoms with Crippen LogP contribution in [-0.2, 0) is 0 Å². The Hall–Kier alpha value is 0.507. The summed E-state index contributed by atoms with van der Waals surface area (Å²) in [6.45, 7) is 16.4. The fourth-order valence-electron chi connectivity index (χ4n) is 3.38. The predicted octanol–water partition coefficient (Wildman–Crippen LogP) is 7.91. The number of rotatable bonds is 9. The van der Waals surface area contributed by atoms with Crippen molar-refractivity contribution in [1.82, 2.24) is 0 Å². The third-order valence-electron chi connectivity index (χ3n) is 4.75. The van der Waals surface area contributed by atoms with Gasteiger partial charge in [0.05, 0.1) is 0 Å². The van der Waals surface area contributed by atoms with Crippen molar-refractivity contribution in [3.8, 4) is 0 Å². The van der Waals surface area contributed by atoms with Gasteiger partial charge in [0.2, 0.25) is 0 Å². The van der Waals surface area contributed by atoms with Crippen LogP contribution in [0.25, 0.3) is 0 Å². The van der Waals surface area contributed by atoms with Crippen LogP contribution in [-0.4, -0.2) is 7.38 Å². The largest absolute Gasteiger partial charge is 0.167 e. The van der Waals surface area contributed by atoms with Crippen molar-refractivity contribution in [1.29, 1.82) is 0 Å². The first-order valence-corrected chi connectivity index (χ1v) is 12.0. The third kappa shape index (κ3) is 6.51. The molecule has 0 spiro atoms. The Kier molecular flexibility index (Phi) is 9.05. The van der Waals surface area contributed by atoms with E-state index in [1.54, 1.807) is 0 Å². The molecule has 0 saturated carbocycles. The number of hydrogen-bond donors (Lipinski definition) is 0. The van der Waals surface area contributed by atoms with Crippen molar-refractivity contribution in [2.24, 2.45) is 0 Å². The molecule has 0 aliphatic heterocycles. The van der Waals surface area contributed by atoms with E-state index in [2.05, 4.69) is 48.5 Å². The number of hydrogen-bond acceptors (Lipinski definition) is 0. The molecule has 0 aliphatic rings. The Morgan fingerprint density at radius 2 is 1.00 bits per heavy atom. The van der Waals surface area contributed by atoms with Crippen molar-refractivity contribution >= 4 is 18.5 Å². The Morgan fingerprint density at radius 3 is 1.35 bits per heavy atom. The van der Waals surface area contributed by atoms with E-state index < -0.39 is 7.38 Å². The molecule has 0 aromatic heterocycles. The second-order valence-electron chi connectivity index (χ2n) is 8.53. The van der Waals surface area contributed by atoms with E-state index in [-0.39, 0.29) is 10.1 Å². The zero-order valence-corrected chi connectivity index (χ0v) is 17.0. The maximum Gasteiger partial charge on any atom is 0.167 e. The van der Waals surface area contributed by atoms with Gasteiger partial charge in [0.15, 0.2) is 7.38 Å². The standard InChI is InChI=1S/C18H39ClSi/c1-8-9-10-11-12-13-14-15-16-20(19,17(2,3)4)18(5,6)7/h8-16H2,1-7H3. The highest BCUT2D eigenvalue weighted by atomic mass is 35.6. The Morgan fingerprint density at radius 1 is 0.650 bits per heavy atom. The maximum absolute atomic E-state index is 7.21. The molecule has 0 bridgehead atoms. The molecule has 0 amide bonds. The molecular weight excluding hydrogens is 280 g/mol. The van der Waals surface area contributed by atoms with Crippen LogP contribution in [0.5, 0.6) is 0 Å². The van der Waals surface area contributed by atoms with Gasteiger partial charge < -0.3 is 0 Å². The van der Waals surface area contributed by atoms with Crippen molar-refractivity contribution in [2.75, 3.05) is 0 Å². The van der Waals surface area contributed by atoms with E-state index in [9.17, 15) is 0 Å². The SMILES string of the molecule is CCCCCCCCCC[Si](Cl)(C(C)(C)C)C(C)(C)C. The first-order chi connectivity index (χ1) is 9.06. The van der Waals surface area contributed by atoms with E-state index in [1.807, 2.05) is 0 Å². The van der Waals surface area contributed by atoms with Crippen LogP contribution in [0, 0.1) is 0 Å². The molecule has 0 N–H and O–H groups in total. The van der Waals surface area contributed by atoms with Gasteiger partial charge in [-0.05, 0) is 16.1 Å². The van der Waals surface area contributed by atoms with Gasteiger partial charge in [0, 0.05) is 0 Å². The average Bonchev–Trinajstić information content (AvgIpc) is 2.29. The second kappa shape index (κ2) is 8.83. The molecule has 0 aromatic rings. The summed E-state index contributed by atoms with van der Waals surface area (Å²) >= 11 is 7.21. The normalized spacial score (nSPS) is 13.8. The van der Waals surface area contributed by atoms with Gasteiger partial charge in [-0.3, -0.25) is 0 Å². The topological polar surface area (TPSA) is 0 Å². The predicted molar refractivity (Wildman–Crippen MR) is 98.5 cm³/mol. The number of unbranched alkanes of at least 4 members (excludes halogenated alkanes) is 7. The van der Waals surface area contributed by atoms with Gasteiger partial charge in [-0.2, -0.15) is 11.1 Å².